The van der Waals surface area contributed by atoms with E-state index in [0.717, 1.165) is 28.0 Å². The van der Waals surface area contributed by atoms with Crippen molar-refractivity contribution in [3.05, 3.63) is 138 Å². The van der Waals surface area contributed by atoms with Crippen molar-refractivity contribution in [2.45, 2.75) is 44.4 Å². The maximum atomic E-state index is 11.8. The summed E-state index contributed by atoms with van der Waals surface area (Å²) in [5.74, 6) is 0.788. The van der Waals surface area contributed by atoms with Crippen LogP contribution in [0.15, 0.2) is 115 Å². The molecule has 0 fully saturated rings. The summed E-state index contributed by atoms with van der Waals surface area (Å²) >= 11 is 0. The summed E-state index contributed by atoms with van der Waals surface area (Å²) < 4.78 is 11.4. The molecule has 5 nitrogen and oxygen atoms in total. The Bertz CT molecular complexity index is 1140. The average Bonchev–Trinajstić information content (AvgIpc) is 2.98. The number of methoxy groups -OCH3 is 1. The summed E-state index contributed by atoms with van der Waals surface area (Å²) in [6.45, 7) is 1.32. The zero-order valence-electron chi connectivity index (χ0n) is 21.9. The van der Waals surface area contributed by atoms with Gasteiger partial charge >= 0.3 is 0 Å². The molecular weight excluding hydrogens is 474 g/mol. The van der Waals surface area contributed by atoms with Gasteiger partial charge in [-0.25, -0.2) is 0 Å². The quantitative estimate of drug-likeness (QED) is 0.242. The fraction of sp³-hybridized carbons (Fsp3) is 0.273. The van der Waals surface area contributed by atoms with E-state index in [0.29, 0.717) is 26.1 Å². The molecule has 3 atom stereocenters. The summed E-state index contributed by atoms with van der Waals surface area (Å²) in [6, 6.07) is 38.0. The van der Waals surface area contributed by atoms with Gasteiger partial charge < -0.3 is 19.7 Å². The van der Waals surface area contributed by atoms with E-state index in [9.17, 15) is 10.2 Å². The summed E-state index contributed by atoms with van der Waals surface area (Å²) in [4.78, 5) is 2.29. The molecule has 0 aliphatic carbocycles. The Kier molecular flexibility index (Phi) is 10.5. The molecule has 0 aliphatic heterocycles. The van der Waals surface area contributed by atoms with E-state index in [2.05, 4.69) is 29.2 Å². The van der Waals surface area contributed by atoms with Crippen molar-refractivity contribution in [2.24, 2.45) is 0 Å². The first-order valence-corrected chi connectivity index (χ1v) is 13.1. The van der Waals surface area contributed by atoms with Crippen LogP contribution in [-0.4, -0.2) is 47.1 Å². The summed E-state index contributed by atoms with van der Waals surface area (Å²) in [5.41, 5.74) is 4.37. The second-order valence-corrected chi connectivity index (χ2v) is 9.50. The van der Waals surface area contributed by atoms with Gasteiger partial charge in [-0.15, -0.1) is 0 Å². The van der Waals surface area contributed by atoms with Crippen molar-refractivity contribution in [2.75, 3.05) is 13.7 Å². The van der Waals surface area contributed by atoms with E-state index in [4.69, 9.17) is 9.47 Å². The number of hydrogen-bond donors (Lipinski definition) is 2. The van der Waals surface area contributed by atoms with E-state index >= 15 is 0 Å². The SMILES string of the molecule is COc1ccc(C[C@H]([C@H](O)[C@H](CO)OCc2ccccc2)N(Cc2ccccc2)Cc2ccccc2)cc1. The zero-order chi connectivity index (χ0) is 26.6. The lowest BCUT2D eigenvalue weighted by molar-refractivity contribution is -0.102. The molecular formula is C33H37NO4. The van der Waals surface area contributed by atoms with Crippen molar-refractivity contribution in [1.82, 2.24) is 4.90 Å². The minimum atomic E-state index is -0.932. The number of aliphatic hydroxyl groups is 2. The minimum Gasteiger partial charge on any atom is -0.497 e. The average molecular weight is 512 g/mol. The molecule has 4 aromatic rings. The zero-order valence-corrected chi connectivity index (χ0v) is 21.9. The fourth-order valence-electron chi connectivity index (χ4n) is 4.68. The number of benzene rings is 4. The highest BCUT2D eigenvalue weighted by atomic mass is 16.5. The predicted molar refractivity (Wildman–Crippen MR) is 151 cm³/mol. The molecule has 0 radical (unpaired) electrons. The Morgan fingerprint density at radius 1 is 0.658 bits per heavy atom. The van der Waals surface area contributed by atoms with Crippen molar-refractivity contribution >= 4 is 0 Å². The van der Waals surface area contributed by atoms with Gasteiger partial charge in [0.15, 0.2) is 0 Å². The lowest BCUT2D eigenvalue weighted by Gasteiger charge is -2.38. The van der Waals surface area contributed by atoms with E-state index in [-0.39, 0.29) is 12.6 Å². The molecule has 0 bridgehead atoms. The molecule has 0 saturated carbocycles. The number of rotatable bonds is 14. The van der Waals surface area contributed by atoms with E-state index in [1.54, 1.807) is 7.11 Å². The first-order chi connectivity index (χ1) is 18.7. The van der Waals surface area contributed by atoms with Crippen LogP contribution in [0, 0.1) is 0 Å². The Morgan fingerprint density at radius 3 is 1.63 bits per heavy atom. The van der Waals surface area contributed by atoms with Gasteiger partial charge in [0.25, 0.3) is 0 Å². The first kappa shape index (κ1) is 27.6. The molecule has 0 aromatic heterocycles. The van der Waals surface area contributed by atoms with Crippen LogP contribution < -0.4 is 4.74 Å². The molecule has 198 valence electrons. The standard InChI is InChI=1S/C33H37NO4/c1-37-30-19-17-26(18-20-30)21-31(33(36)32(24-35)38-25-29-15-9-4-10-16-29)34(22-27-11-5-2-6-12-27)23-28-13-7-3-8-14-28/h2-20,31-33,35-36H,21-25H2,1H3/t31-,32+,33+/m1/s1. The van der Waals surface area contributed by atoms with Crippen molar-refractivity contribution in [3.8, 4) is 5.75 Å². The van der Waals surface area contributed by atoms with Gasteiger partial charge in [-0.1, -0.05) is 103 Å². The molecule has 2 N–H and O–H groups in total. The molecule has 0 unspecified atom stereocenters. The highest BCUT2D eigenvalue weighted by molar-refractivity contribution is 5.28. The lowest BCUT2D eigenvalue weighted by Crippen LogP contribution is -2.51. The monoisotopic (exact) mass is 511 g/mol. The Morgan fingerprint density at radius 2 is 1.16 bits per heavy atom. The maximum Gasteiger partial charge on any atom is 0.118 e. The molecule has 0 saturated heterocycles. The molecule has 0 heterocycles. The van der Waals surface area contributed by atoms with Crippen LogP contribution in [0.5, 0.6) is 5.75 Å². The van der Waals surface area contributed by atoms with Crippen molar-refractivity contribution in [1.29, 1.82) is 0 Å². The maximum absolute atomic E-state index is 11.8. The Balaban J connectivity index is 1.64. The number of aliphatic hydroxyl groups excluding tert-OH is 2. The molecule has 4 aromatic carbocycles. The van der Waals surface area contributed by atoms with Crippen LogP contribution in [0.25, 0.3) is 0 Å². The summed E-state index contributed by atoms with van der Waals surface area (Å²) in [5, 5.41) is 22.1. The van der Waals surface area contributed by atoms with Gasteiger partial charge in [0.1, 0.15) is 11.9 Å². The van der Waals surface area contributed by atoms with Crippen LogP contribution in [0.2, 0.25) is 0 Å². The molecule has 0 aliphatic rings. The van der Waals surface area contributed by atoms with Gasteiger partial charge in [-0.05, 0) is 40.8 Å². The molecule has 0 amide bonds. The van der Waals surface area contributed by atoms with Crippen LogP contribution in [0.3, 0.4) is 0 Å². The van der Waals surface area contributed by atoms with Gasteiger partial charge in [0, 0.05) is 19.1 Å². The number of nitrogens with zero attached hydrogens (tertiary/aromatic N) is 1. The normalized spacial score (nSPS) is 13.7. The highest BCUT2D eigenvalue weighted by Crippen LogP contribution is 2.23. The third kappa shape index (κ3) is 8.01. The van der Waals surface area contributed by atoms with E-state index < -0.39 is 12.2 Å². The molecule has 38 heavy (non-hydrogen) atoms. The van der Waals surface area contributed by atoms with Crippen molar-refractivity contribution in [3.63, 3.8) is 0 Å². The molecule has 0 spiro atoms. The summed E-state index contributed by atoms with van der Waals surface area (Å²) in [6.07, 6.45) is -1.10. The smallest absolute Gasteiger partial charge is 0.118 e. The first-order valence-electron chi connectivity index (χ1n) is 13.1. The highest BCUT2D eigenvalue weighted by Gasteiger charge is 2.33. The van der Waals surface area contributed by atoms with E-state index in [1.165, 1.54) is 0 Å². The van der Waals surface area contributed by atoms with Crippen LogP contribution >= 0.6 is 0 Å². The second-order valence-electron chi connectivity index (χ2n) is 9.50. The molecule has 5 heteroatoms. The van der Waals surface area contributed by atoms with Gasteiger partial charge in [-0.3, -0.25) is 4.90 Å². The third-order valence-electron chi connectivity index (χ3n) is 6.79. The van der Waals surface area contributed by atoms with Crippen LogP contribution in [0.1, 0.15) is 22.3 Å². The number of hydrogen-bond acceptors (Lipinski definition) is 5. The fourth-order valence-corrected chi connectivity index (χ4v) is 4.68. The lowest BCUT2D eigenvalue weighted by atomic mass is 9.95. The largest absolute Gasteiger partial charge is 0.497 e. The van der Waals surface area contributed by atoms with Crippen molar-refractivity contribution < 1.29 is 19.7 Å². The Hall–Kier alpha value is -3.48. The van der Waals surface area contributed by atoms with Gasteiger partial charge in [0.2, 0.25) is 0 Å². The topological polar surface area (TPSA) is 62.2 Å². The minimum absolute atomic E-state index is 0.280. The number of ether oxygens (including phenoxy) is 2. The van der Waals surface area contributed by atoms with Gasteiger partial charge in [-0.2, -0.15) is 0 Å². The molecule has 4 rings (SSSR count). The summed E-state index contributed by atoms with van der Waals surface area (Å²) in [7, 11) is 1.65. The predicted octanol–water partition coefficient (Wildman–Crippen LogP) is 5.25. The third-order valence-corrected chi connectivity index (χ3v) is 6.79. The van der Waals surface area contributed by atoms with Crippen LogP contribution in [-0.2, 0) is 30.9 Å². The van der Waals surface area contributed by atoms with Gasteiger partial charge in [0.05, 0.1) is 26.4 Å². The van der Waals surface area contributed by atoms with Crippen LogP contribution in [0.4, 0.5) is 0 Å². The Labute approximate surface area is 225 Å². The second kappa shape index (κ2) is 14.5. The van der Waals surface area contributed by atoms with E-state index in [1.807, 2.05) is 91.0 Å².